The Morgan fingerprint density at radius 1 is 0.533 bits per heavy atom. The Kier molecular flexibility index (Phi) is 16.5. The lowest BCUT2D eigenvalue weighted by Crippen LogP contribution is -2.28. The second-order valence-corrected chi connectivity index (χ2v) is 22.2. The van der Waals surface area contributed by atoms with Crippen LogP contribution in [0.15, 0.2) is 306 Å². The fraction of sp³-hybridized carbons (Fsp3) is 0.0857. The Hall–Kier alpha value is -8.45. The number of fused-ring (bicyclic) bond motifs is 5. The van der Waals surface area contributed by atoms with Crippen molar-refractivity contribution in [3.8, 4) is 11.1 Å². The summed E-state index contributed by atoms with van der Waals surface area (Å²) in [6.07, 6.45) is 20.9. The molecule has 0 saturated carbocycles. The van der Waals surface area contributed by atoms with Crippen molar-refractivity contribution in [2.75, 3.05) is 16.9 Å². The third kappa shape index (κ3) is 10.8. The molecule has 372 valence electrons. The van der Waals surface area contributed by atoms with E-state index in [1.54, 1.807) is 0 Å². The number of nitrogens with zero attached hydrogens (tertiary/aromatic N) is 1. The number of hydrogen-bond donors (Lipinski definition) is 3. The zero-order valence-corrected chi connectivity index (χ0v) is 43.8. The minimum atomic E-state index is -1.46. The molecule has 0 aromatic heterocycles. The second-order valence-electron chi connectivity index (χ2n) is 18.9. The third-order valence-electron chi connectivity index (χ3n) is 14.2. The normalized spacial score (nSPS) is 14.7. The van der Waals surface area contributed by atoms with Gasteiger partial charge in [-0.2, -0.15) is 10.0 Å². The standard InChI is InChI=1S/C57H45NS.C7H10.C6H7N.H4N2/c1-42-21-17-18-38-58(47-28-19-22-43(40-47)39-44-23-20-33-50(41-44)59(2,48-29-11-5-12-30-48)49-31-13-6-14-32-49)54-37-36-53-56(55(42)54)51-34-15-16-35-52(51)57(53,45-24-7-3-8-25-45)46-26-9-4-10-27-46;1-7-5-3-2-4-6-7;7-6-4-2-1-3-5-6;1-2/h3-38,40-41H,1,39H2,2H3;2-3,5H,4,6H2,1H3;1-5H,7H2;1-2H2/b21-17-,38-18-;;;. The Bertz CT molecular complexity index is 3390. The van der Waals surface area contributed by atoms with E-state index in [-0.39, 0.29) is 0 Å². The Morgan fingerprint density at radius 2 is 1.08 bits per heavy atom. The van der Waals surface area contributed by atoms with E-state index in [2.05, 4.69) is 279 Å². The molecule has 5 heteroatoms. The summed E-state index contributed by atoms with van der Waals surface area (Å²) in [5.74, 6) is 8.00. The average Bonchev–Trinajstić information content (AvgIpc) is 3.82. The van der Waals surface area contributed by atoms with E-state index in [9.17, 15) is 0 Å². The van der Waals surface area contributed by atoms with Crippen molar-refractivity contribution in [3.63, 3.8) is 0 Å². The van der Waals surface area contributed by atoms with Gasteiger partial charge in [0.15, 0.2) is 0 Å². The molecule has 0 unspecified atom stereocenters. The molecular formula is C70H66N4S. The van der Waals surface area contributed by atoms with Gasteiger partial charge in [0, 0.05) is 23.1 Å². The van der Waals surface area contributed by atoms with Crippen molar-refractivity contribution in [2.45, 2.75) is 46.3 Å². The molecule has 3 aliphatic rings. The molecule has 6 N–H and O–H groups in total. The number of benzene rings is 9. The summed E-state index contributed by atoms with van der Waals surface area (Å²) in [5, 5.41) is 0. The van der Waals surface area contributed by atoms with Gasteiger partial charge in [-0.25, -0.2) is 0 Å². The molecule has 75 heavy (non-hydrogen) atoms. The monoisotopic (exact) mass is 995 g/mol. The van der Waals surface area contributed by atoms with E-state index < -0.39 is 15.4 Å². The quantitative estimate of drug-likeness (QED) is 0.0805. The maximum Gasteiger partial charge on any atom is 0.0713 e. The highest BCUT2D eigenvalue weighted by atomic mass is 32.3. The average molecular weight is 995 g/mol. The first kappa shape index (κ1) is 51.5. The van der Waals surface area contributed by atoms with Crippen molar-refractivity contribution in [1.82, 2.24) is 0 Å². The first-order valence-electron chi connectivity index (χ1n) is 25.6. The molecule has 0 fully saturated rings. The first-order chi connectivity index (χ1) is 36.9. The van der Waals surface area contributed by atoms with E-state index in [1.807, 2.05) is 30.3 Å². The number of nitrogens with two attached hydrogens (primary N) is 3. The van der Waals surface area contributed by atoms with Crippen molar-refractivity contribution >= 4 is 32.7 Å². The largest absolute Gasteiger partial charge is 0.399 e. The van der Waals surface area contributed by atoms with Crippen LogP contribution in [-0.2, 0) is 11.8 Å². The number of para-hydroxylation sites is 1. The van der Waals surface area contributed by atoms with Crippen molar-refractivity contribution in [2.24, 2.45) is 11.7 Å². The topological polar surface area (TPSA) is 81.3 Å². The summed E-state index contributed by atoms with van der Waals surface area (Å²) >= 11 is 0. The van der Waals surface area contributed by atoms with Gasteiger partial charge in [0.05, 0.1) is 11.1 Å². The number of allylic oxidation sites excluding steroid dienone is 8. The maximum atomic E-state index is 5.36. The van der Waals surface area contributed by atoms with Crippen LogP contribution >= 0.6 is 10.0 Å². The molecule has 0 amide bonds. The summed E-state index contributed by atoms with van der Waals surface area (Å²) in [4.78, 5) is 6.44. The zero-order chi connectivity index (χ0) is 52.0. The predicted octanol–water partition coefficient (Wildman–Crippen LogP) is 17.2. The molecule has 1 heterocycles. The molecule has 12 rings (SSSR count). The fourth-order valence-electron chi connectivity index (χ4n) is 10.7. The van der Waals surface area contributed by atoms with Crippen molar-refractivity contribution < 1.29 is 0 Å². The van der Waals surface area contributed by atoms with Crippen LogP contribution in [0.2, 0.25) is 0 Å². The lowest BCUT2D eigenvalue weighted by molar-refractivity contribution is 0.768. The molecule has 4 nitrogen and oxygen atoms in total. The Balaban J connectivity index is 0.000000371. The molecule has 9 aromatic rings. The minimum absolute atomic E-state index is 0.482. The van der Waals surface area contributed by atoms with Gasteiger partial charge < -0.3 is 10.6 Å². The highest BCUT2D eigenvalue weighted by molar-refractivity contribution is 8.33. The lowest BCUT2D eigenvalue weighted by atomic mass is 9.67. The highest BCUT2D eigenvalue weighted by Crippen LogP contribution is 2.65. The molecule has 2 aliphatic carbocycles. The molecule has 9 aromatic carbocycles. The smallest absolute Gasteiger partial charge is 0.0713 e. The molecule has 0 bridgehead atoms. The van der Waals surface area contributed by atoms with Crippen molar-refractivity contribution in [3.05, 3.63) is 330 Å². The molecule has 0 spiro atoms. The van der Waals surface area contributed by atoms with Crippen LogP contribution in [0.4, 0.5) is 17.1 Å². The van der Waals surface area contributed by atoms with Crippen LogP contribution in [0.25, 0.3) is 16.7 Å². The predicted molar refractivity (Wildman–Crippen MR) is 321 cm³/mol. The Labute approximate surface area is 446 Å². The SMILES string of the molecule is C=C1/C=C\C=C/N(c2cccc(Cc3cccc(S(C)(c4ccccc4)c4ccccc4)c3)c2)c2ccc3c(c21)-c1ccccc1C3(c1ccccc1)c1ccccc1.CC1=CC=CCC1.NN.Nc1ccccc1. The number of anilines is 3. The van der Waals surface area contributed by atoms with Gasteiger partial charge in [0.25, 0.3) is 0 Å². The van der Waals surface area contributed by atoms with Gasteiger partial charge in [-0.15, -0.1) is 0 Å². The van der Waals surface area contributed by atoms with Gasteiger partial charge in [-0.05, 0) is 170 Å². The third-order valence-corrected chi connectivity index (χ3v) is 17.9. The highest BCUT2D eigenvalue weighted by Gasteiger charge is 2.47. The maximum absolute atomic E-state index is 5.36. The van der Waals surface area contributed by atoms with Gasteiger partial charge in [-0.3, -0.25) is 11.7 Å². The summed E-state index contributed by atoms with van der Waals surface area (Å²) in [5.41, 5.74) is 21.7. The van der Waals surface area contributed by atoms with E-state index in [0.717, 1.165) is 34.6 Å². The lowest BCUT2D eigenvalue weighted by Gasteiger charge is -2.37. The summed E-state index contributed by atoms with van der Waals surface area (Å²) < 4.78 is 0. The molecule has 0 saturated heterocycles. The number of rotatable bonds is 8. The van der Waals surface area contributed by atoms with Gasteiger partial charge in [0.2, 0.25) is 0 Å². The number of nitrogen functional groups attached to an aromatic ring is 1. The van der Waals surface area contributed by atoms with E-state index >= 15 is 0 Å². The molecule has 0 radical (unpaired) electrons. The van der Waals surface area contributed by atoms with Crippen LogP contribution in [0, 0.1) is 0 Å². The van der Waals surface area contributed by atoms with Gasteiger partial charge >= 0.3 is 0 Å². The number of hydrogen-bond acceptors (Lipinski definition) is 4. The zero-order valence-electron chi connectivity index (χ0n) is 43.0. The van der Waals surface area contributed by atoms with E-state index in [4.69, 9.17) is 12.3 Å². The van der Waals surface area contributed by atoms with Crippen LogP contribution in [0.1, 0.15) is 58.7 Å². The van der Waals surface area contributed by atoms with Crippen LogP contribution in [-0.4, -0.2) is 6.26 Å². The second kappa shape index (κ2) is 24.1. The first-order valence-corrected chi connectivity index (χ1v) is 27.6. The number of hydrazine groups is 1. The minimum Gasteiger partial charge on any atom is -0.399 e. The summed E-state index contributed by atoms with van der Waals surface area (Å²) in [6.45, 7) is 6.90. The molecular weight excluding hydrogens is 929 g/mol. The van der Waals surface area contributed by atoms with E-state index in [1.165, 1.54) is 77.6 Å². The Morgan fingerprint density at radius 3 is 1.64 bits per heavy atom. The molecule has 0 atom stereocenters. The van der Waals surface area contributed by atoms with Crippen LogP contribution < -0.4 is 22.3 Å². The van der Waals surface area contributed by atoms with E-state index in [0.29, 0.717) is 0 Å². The van der Waals surface area contributed by atoms with Crippen LogP contribution in [0.3, 0.4) is 0 Å². The van der Waals surface area contributed by atoms with Crippen LogP contribution in [0.5, 0.6) is 0 Å². The fourth-order valence-corrected chi connectivity index (χ4v) is 13.6. The summed E-state index contributed by atoms with van der Waals surface area (Å²) in [7, 11) is -1.46. The van der Waals surface area contributed by atoms with Crippen molar-refractivity contribution in [1.29, 1.82) is 0 Å². The van der Waals surface area contributed by atoms with Gasteiger partial charge in [0.1, 0.15) is 0 Å². The molecule has 1 aliphatic heterocycles. The summed E-state index contributed by atoms with van der Waals surface area (Å²) in [6, 6.07) is 85.5. The van der Waals surface area contributed by atoms with Gasteiger partial charge in [-0.1, -0.05) is 212 Å².